The van der Waals surface area contributed by atoms with Crippen molar-refractivity contribution in [3.05, 3.63) is 34.6 Å². The van der Waals surface area contributed by atoms with Crippen LogP contribution in [0, 0.1) is 23.2 Å². The molecule has 0 spiro atoms. The molecule has 2 fully saturated rings. The molecular weight excluding hydrogens is 480 g/mol. The molecule has 2 amide bonds. The van der Waals surface area contributed by atoms with Crippen molar-refractivity contribution in [2.75, 3.05) is 29.9 Å². The average Bonchev–Trinajstić information content (AvgIpc) is 3.44. The fraction of sp³-hybridized carbons (Fsp3) is 0.654. The van der Waals surface area contributed by atoms with Crippen molar-refractivity contribution in [3.63, 3.8) is 0 Å². The summed E-state index contributed by atoms with van der Waals surface area (Å²) in [4.78, 5) is 34.0. The summed E-state index contributed by atoms with van der Waals surface area (Å²) in [5.41, 5.74) is 1.54. The third kappa shape index (κ3) is 4.44. The summed E-state index contributed by atoms with van der Waals surface area (Å²) in [6, 6.07) is 3.64. The number of rotatable bonds is 4. The molecule has 3 aliphatic rings. The van der Waals surface area contributed by atoms with E-state index in [0.29, 0.717) is 10.8 Å². The first-order valence-corrected chi connectivity index (χ1v) is 14.6. The van der Waals surface area contributed by atoms with Gasteiger partial charge in [-0.3, -0.25) is 14.9 Å². The highest BCUT2D eigenvalue weighted by Crippen LogP contribution is 2.57. The molecule has 2 N–H and O–H groups in total. The zero-order chi connectivity index (χ0) is 24.9. The number of fused-ring (bicyclic) bond motifs is 2. The van der Waals surface area contributed by atoms with Gasteiger partial charge in [0.15, 0.2) is 5.13 Å². The number of nitrogens with zero attached hydrogens (tertiary/aromatic N) is 3. The summed E-state index contributed by atoms with van der Waals surface area (Å²) >= 11 is 3.46. The van der Waals surface area contributed by atoms with Crippen LogP contribution in [0.3, 0.4) is 0 Å². The zero-order valence-electron chi connectivity index (χ0n) is 21.0. The minimum absolute atomic E-state index is 0.0331. The van der Waals surface area contributed by atoms with E-state index in [1.54, 1.807) is 22.0 Å². The van der Waals surface area contributed by atoms with Gasteiger partial charge < -0.3 is 14.6 Å². The van der Waals surface area contributed by atoms with Crippen molar-refractivity contribution >= 4 is 40.0 Å². The number of anilines is 1. The second-order valence-electron chi connectivity index (χ2n) is 10.9. The van der Waals surface area contributed by atoms with Gasteiger partial charge >= 0.3 is 0 Å². The molecule has 9 heteroatoms. The number of aromatic nitrogens is 2. The Balaban J connectivity index is 1.34. The predicted molar refractivity (Wildman–Crippen MR) is 141 cm³/mol. The number of thioether (sulfide) groups is 1. The Labute approximate surface area is 215 Å². The van der Waals surface area contributed by atoms with E-state index in [0.717, 1.165) is 49.6 Å². The van der Waals surface area contributed by atoms with Gasteiger partial charge in [0, 0.05) is 54.6 Å². The molecule has 6 unspecified atom stereocenters. The van der Waals surface area contributed by atoms with Crippen LogP contribution in [0.1, 0.15) is 60.6 Å². The van der Waals surface area contributed by atoms with Gasteiger partial charge in [0.25, 0.3) is 5.91 Å². The number of aryl methyl sites for hydroxylation is 1. The molecule has 2 aliphatic carbocycles. The topological polar surface area (TPSA) is 87.5 Å². The first-order chi connectivity index (χ1) is 16.7. The van der Waals surface area contributed by atoms with Gasteiger partial charge in [-0.1, -0.05) is 20.8 Å². The molecule has 1 aliphatic heterocycles. The normalized spacial score (nSPS) is 31.4. The van der Waals surface area contributed by atoms with Gasteiger partial charge in [-0.25, -0.2) is 4.98 Å². The van der Waals surface area contributed by atoms with Crippen molar-refractivity contribution in [1.82, 2.24) is 14.5 Å². The Kier molecular flexibility index (Phi) is 6.78. The molecule has 1 saturated carbocycles. The lowest BCUT2D eigenvalue weighted by Crippen LogP contribution is -2.54. The summed E-state index contributed by atoms with van der Waals surface area (Å²) in [6.45, 7) is 8.08. The lowest BCUT2D eigenvalue weighted by Gasteiger charge is -2.53. The van der Waals surface area contributed by atoms with E-state index in [-0.39, 0.29) is 40.9 Å². The first kappa shape index (κ1) is 24.8. The minimum Gasteiger partial charge on any atom is -0.392 e. The molecule has 6 atom stereocenters. The predicted octanol–water partition coefficient (Wildman–Crippen LogP) is 4.00. The number of aliphatic hydroxyl groups is 1. The Morgan fingerprint density at radius 1 is 1.31 bits per heavy atom. The van der Waals surface area contributed by atoms with Crippen molar-refractivity contribution in [2.24, 2.45) is 30.2 Å². The number of carbonyl (C=O) groups is 2. The van der Waals surface area contributed by atoms with E-state index in [4.69, 9.17) is 4.98 Å². The molecule has 3 heterocycles. The SMILES string of the molecule is CC(C(=O)N1CCSCC1)C1CCC2(C)Cc3sc(NC(=O)c4cccn4C)nc3C(C)C2C1O. The molecule has 35 heavy (non-hydrogen) atoms. The van der Waals surface area contributed by atoms with Crippen molar-refractivity contribution in [1.29, 1.82) is 0 Å². The second-order valence-corrected chi connectivity index (χ2v) is 13.2. The van der Waals surface area contributed by atoms with Crippen LogP contribution in [-0.4, -0.2) is 62.1 Å². The van der Waals surface area contributed by atoms with Gasteiger partial charge in [0.05, 0.1) is 11.8 Å². The van der Waals surface area contributed by atoms with E-state index < -0.39 is 6.10 Å². The number of nitrogens with one attached hydrogen (secondary N) is 1. The van der Waals surface area contributed by atoms with E-state index in [2.05, 4.69) is 19.2 Å². The lowest BCUT2D eigenvalue weighted by atomic mass is 9.53. The fourth-order valence-corrected chi connectivity index (χ4v) is 8.88. The fourth-order valence-electron chi connectivity index (χ4n) is 6.71. The maximum atomic E-state index is 13.2. The highest BCUT2D eigenvalue weighted by atomic mass is 32.2. The number of hydrogen-bond donors (Lipinski definition) is 2. The maximum absolute atomic E-state index is 13.2. The molecule has 2 aromatic rings. The van der Waals surface area contributed by atoms with Gasteiger partial charge in [0.2, 0.25) is 5.91 Å². The summed E-state index contributed by atoms with van der Waals surface area (Å²) < 4.78 is 1.79. The summed E-state index contributed by atoms with van der Waals surface area (Å²) in [7, 11) is 1.85. The van der Waals surface area contributed by atoms with Crippen LogP contribution < -0.4 is 5.32 Å². The summed E-state index contributed by atoms with van der Waals surface area (Å²) in [5, 5.41) is 15.3. The Morgan fingerprint density at radius 2 is 2.06 bits per heavy atom. The highest BCUT2D eigenvalue weighted by molar-refractivity contribution is 7.99. The zero-order valence-corrected chi connectivity index (χ0v) is 22.6. The number of thiazole rings is 1. The van der Waals surface area contributed by atoms with Crippen LogP contribution >= 0.6 is 23.1 Å². The highest BCUT2D eigenvalue weighted by Gasteiger charge is 2.54. The standard InChI is InChI=1S/C26H36N4O3S2/c1-15(24(33)30-10-12-34-13-11-30)17-7-8-26(3)14-19-21(16(2)20(26)22(17)31)27-25(35-19)28-23(32)18-6-5-9-29(18)4/h5-6,9,15-17,20,22,31H,7-8,10-14H2,1-4H3,(H,27,28,32). The number of carbonyl (C=O) groups excluding carboxylic acids is 2. The van der Waals surface area contributed by atoms with Gasteiger partial charge in [-0.15, -0.1) is 11.3 Å². The second kappa shape index (κ2) is 9.56. The lowest BCUT2D eigenvalue weighted by molar-refractivity contribution is -0.144. The molecule has 7 nitrogen and oxygen atoms in total. The summed E-state index contributed by atoms with van der Waals surface area (Å²) in [6.07, 6.45) is 4.01. The van der Waals surface area contributed by atoms with Crippen LogP contribution in [0.25, 0.3) is 0 Å². The molecule has 5 rings (SSSR count). The van der Waals surface area contributed by atoms with Crippen molar-refractivity contribution in [3.8, 4) is 0 Å². The Bertz CT molecular complexity index is 1110. The molecule has 2 aromatic heterocycles. The van der Waals surface area contributed by atoms with Crippen molar-refractivity contribution in [2.45, 2.75) is 52.1 Å². The van der Waals surface area contributed by atoms with Gasteiger partial charge in [0.1, 0.15) is 5.69 Å². The Hall–Kier alpha value is -1.84. The largest absolute Gasteiger partial charge is 0.392 e. The number of hydrogen-bond acceptors (Lipinski definition) is 6. The number of aliphatic hydroxyl groups excluding tert-OH is 1. The molecular formula is C26H36N4O3S2. The maximum Gasteiger partial charge on any atom is 0.274 e. The van der Waals surface area contributed by atoms with Crippen LogP contribution in [-0.2, 0) is 18.3 Å². The molecule has 0 aromatic carbocycles. The Morgan fingerprint density at radius 3 is 2.74 bits per heavy atom. The van der Waals surface area contributed by atoms with Crippen LogP contribution in [0.2, 0.25) is 0 Å². The van der Waals surface area contributed by atoms with Gasteiger partial charge in [-0.2, -0.15) is 11.8 Å². The van der Waals surface area contributed by atoms with E-state index >= 15 is 0 Å². The third-order valence-electron chi connectivity index (χ3n) is 8.67. The number of amides is 2. The molecule has 1 saturated heterocycles. The quantitative estimate of drug-likeness (QED) is 0.642. The molecule has 0 radical (unpaired) electrons. The van der Waals surface area contributed by atoms with E-state index in [9.17, 15) is 14.7 Å². The summed E-state index contributed by atoms with van der Waals surface area (Å²) in [5.74, 6) is 1.92. The van der Waals surface area contributed by atoms with Gasteiger partial charge in [-0.05, 0) is 48.6 Å². The van der Waals surface area contributed by atoms with Crippen LogP contribution in [0.4, 0.5) is 5.13 Å². The average molecular weight is 517 g/mol. The van der Waals surface area contributed by atoms with Crippen molar-refractivity contribution < 1.29 is 14.7 Å². The van der Waals surface area contributed by atoms with Crippen LogP contribution in [0.5, 0.6) is 0 Å². The van der Waals surface area contributed by atoms with Crippen LogP contribution in [0.15, 0.2) is 18.3 Å². The molecule has 0 bridgehead atoms. The van der Waals surface area contributed by atoms with E-state index in [1.165, 1.54) is 4.88 Å². The van der Waals surface area contributed by atoms with E-state index in [1.807, 2.05) is 42.9 Å². The monoisotopic (exact) mass is 516 g/mol. The third-order valence-corrected chi connectivity index (χ3v) is 10.6. The minimum atomic E-state index is -0.543. The molecule has 190 valence electrons. The first-order valence-electron chi connectivity index (χ1n) is 12.7. The smallest absolute Gasteiger partial charge is 0.274 e.